The minimum atomic E-state index is -0.137. The van der Waals surface area contributed by atoms with Gasteiger partial charge >= 0.3 is 0 Å². The van der Waals surface area contributed by atoms with Gasteiger partial charge in [-0.25, -0.2) is 0 Å². The zero-order valence-electron chi connectivity index (χ0n) is 13.9. The van der Waals surface area contributed by atoms with E-state index in [1.807, 2.05) is 43.3 Å². The SMILES string of the molecule is CC(=O)N(CCNC(=O)c1ccc(Br)cc1)Cc1ccccc1C. The summed E-state index contributed by atoms with van der Waals surface area (Å²) in [6.45, 7) is 5.03. The molecule has 2 aromatic rings. The van der Waals surface area contributed by atoms with Crippen LogP contribution >= 0.6 is 15.9 Å². The lowest BCUT2D eigenvalue weighted by Crippen LogP contribution is -2.37. The van der Waals surface area contributed by atoms with Crippen molar-refractivity contribution in [3.05, 3.63) is 69.7 Å². The van der Waals surface area contributed by atoms with Gasteiger partial charge in [0.1, 0.15) is 0 Å². The standard InChI is InChI=1S/C19H21BrN2O2/c1-14-5-3-4-6-17(14)13-22(15(2)23)12-11-21-19(24)16-7-9-18(20)10-8-16/h3-10H,11-13H2,1-2H3,(H,21,24). The fraction of sp³-hybridized carbons (Fsp3) is 0.263. The normalized spacial score (nSPS) is 10.3. The number of amides is 2. The predicted octanol–water partition coefficient (Wildman–Crippen LogP) is 3.54. The van der Waals surface area contributed by atoms with Gasteiger partial charge in [-0.05, 0) is 42.3 Å². The van der Waals surface area contributed by atoms with E-state index in [9.17, 15) is 9.59 Å². The minimum absolute atomic E-state index is 0.00357. The fourth-order valence-corrected chi connectivity index (χ4v) is 2.61. The molecular formula is C19H21BrN2O2. The van der Waals surface area contributed by atoms with Crippen LogP contribution < -0.4 is 5.32 Å². The fourth-order valence-electron chi connectivity index (χ4n) is 2.35. The van der Waals surface area contributed by atoms with Crippen molar-refractivity contribution >= 4 is 27.7 Å². The molecule has 0 bridgehead atoms. The number of nitrogens with zero attached hydrogens (tertiary/aromatic N) is 1. The molecule has 2 amide bonds. The first-order valence-electron chi connectivity index (χ1n) is 7.81. The lowest BCUT2D eigenvalue weighted by Gasteiger charge is -2.22. The van der Waals surface area contributed by atoms with E-state index in [1.54, 1.807) is 24.0 Å². The van der Waals surface area contributed by atoms with Crippen LogP contribution in [0.25, 0.3) is 0 Å². The van der Waals surface area contributed by atoms with Gasteiger partial charge in [-0.1, -0.05) is 40.2 Å². The molecule has 2 rings (SSSR count). The molecule has 0 aliphatic heterocycles. The molecular weight excluding hydrogens is 368 g/mol. The molecule has 4 nitrogen and oxygen atoms in total. The monoisotopic (exact) mass is 388 g/mol. The number of benzene rings is 2. The Balaban J connectivity index is 1.90. The van der Waals surface area contributed by atoms with Crippen molar-refractivity contribution in [3.63, 3.8) is 0 Å². The molecule has 24 heavy (non-hydrogen) atoms. The third kappa shape index (κ3) is 5.20. The number of aryl methyl sites for hydroxylation is 1. The topological polar surface area (TPSA) is 49.4 Å². The Kier molecular flexibility index (Phi) is 6.55. The maximum atomic E-state index is 12.1. The summed E-state index contributed by atoms with van der Waals surface area (Å²) in [5, 5.41) is 2.86. The highest BCUT2D eigenvalue weighted by Crippen LogP contribution is 2.11. The van der Waals surface area contributed by atoms with Crippen LogP contribution in [0.4, 0.5) is 0 Å². The van der Waals surface area contributed by atoms with E-state index in [2.05, 4.69) is 21.2 Å². The number of hydrogen-bond donors (Lipinski definition) is 1. The molecule has 0 saturated carbocycles. The summed E-state index contributed by atoms with van der Waals surface area (Å²) in [5.74, 6) is -0.141. The van der Waals surface area contributed by atoms with Crippen LogP contribution in [0.5, 0.6) is 0 Å². The first-order chi connectivity index (χ1) is 11.5. The average molecular weight is 389 g/mol. The Labute approximate surface area is 151 Å². The molecule has 5 heteroatoms. The predicted molar refractivity (Wildman–Crippen MR) is 98.7 cm³/mol. The molecule has 0 unspecified atom stereocenters. The number of carbonyl (C=O) groups is 2. The Hall–Kier alpha value is -2.14. The van der Waals surface area contributed by atoms with Gasteiger partial charge in [0.15, 0.2) is 0 Å². The first kappa shape index (κ1) is 18.2. The van der Waals surface area contributed by atoms with E-state index in [0.717, 1.165) is 15.6 Å². The molecule has 0 aliphatic carbocycles. The molecule has 0 radical (unpaired) electrons. The van der Waals surface area contributed by atoms with Crippen LogP contribution in [0.15, 0.2) is 53.0 Å². The van der Waals surface area contributed by atoms with Crippen LogP contribution in [-0.4, -0.2) is 29.8 Å². The first-order valence-corrected chi connectivity index (χ1v) is 8.60. The average Bonchev–Trinajstić information content (AvgIpc) is 2.56. The maximum absolute atomic E-state index is 12.1. The third-order valence-corrected chi connectivity index (χ3v) is 4.37. The number of rotatable bonds is 6. The van der Waals surface area contributed by atoms with E-state index < -0.39 is 0 Å². The van der Waals surface area contributed by atoms with E-state index in [-0.39, 0.29) is 11.8 Å². The Bertz CT molecular complexity index is 714. The lowest BCUT2D eigenvalue weighted by atomic mass is 10.1. The number of nitrogens with one attached hydrogen (secondary N) is 1. The molecule has 0 fully saturated rings. The molecule has 0 atom stereocenters. The van der Waals surface area contributed by atoms with Crippen molar-refractivity contribution in [2.75, 3.05) is 13.1 Å². The van der Waals surface area contributed by atoms with Gasteiger partial charge in [-0.15, -0.1) is 0 Å². The van der Waals surface area contributed by atoms with Gasteiger partial charge in [0.25, 0.3) is 5.91 Å². The number of hydrogen-bond acceptors (Lipinski definition) is 2. The molecule has 0 aliphatic rings. The quantitative estimate of drug-likeness (QED) is 0.822. The van der Waals surface area contributed by atoms with Crippen LogP contribution in [-0.2, 0) is 11.3 Å². The number of halogens is 1. The summed E-state index contributed by atoms with van der Waals surface area (Å²) in [7, 11) is 0. The van der Waals surface area contributed by atoms with Crippen LogP contribution in [0.3, 0.4) is 0 Å². The highest BCUT2D eigenvalue weighted by atomic mass is 79.9. The van der Waals surface area contributed by atoms with Gasteiger partial charge in [0.2, 0.25) is 5.91 Å². The summed E-state index contributed by atoms with van der Waals surface area (Å²) in [6, 6.07) is 15.2. The Morgan fingerprint density at radius 3 is 2.38 bits per heavy atom. The van der Waals surface area contributed by atoms with E-state index in [1.165, 1.54) is 0 Å². The highest BCUT2D eigenvalue weighted by Gasteiger charge is 2.11. The van der Waals surface area contributed by atoms with Gasteiger partial charge < -0.3 is 10.2 Å². The smallest absolute Gasteiger partial charge is 0.251 e. The van der Waals surface area contributed by atoms with Crippen molar-refractivity contribution in [2.24, 2.45) is 0 Å². The Morgan fingerprint density at radius 2 is 1.75 bits per heavy atom. The summed E-state index contributed by atoms with van der Waals surface area (Å²) in [5.41, 5.74) is 2.88. The molecule has 0 heterocycles. The summed E-state index contributed by atoms with van der Waals surface area (Å²) >= 11 is 3.34. The lowest BCUT2D eigenvalue weighted by molar-refractivity contribution is -0.129. The van der Waals surface area contributed by atoms with E-state index in [4.69, 9.17) is 0 Å². The maximum Gasteiger partial charge on any atom is 0.251 e. The van der Waals surface area contributed by atoms with Crippen molar-refractivity contribution < 1.29 is 9.59 Å². The van der Waals surface area contributed by atoms with Gasteiger partial charge in [-0.3, -0.25) is 9.59 Å². The molecule has 0 aromatic heterocycles. The second kappa shape index (κ2) is 8.64. The Morgan fingerprint density at radius 1 is 1.08 bits per heavy atom. The second-order valence-electron chi connectivity index (χ2n) is 5.63. The summed E-state index contributed by atoms with van der Waals surface area (Å²) < 4.78 is 0.931. The van der Waals surface area contributed by atoms with Gasteiger partial charge in [0, 0.05) is 36.6 Å². The van der Waals surface area contributed by atoms with E-state index in [0.29, 0.717) is 25.2 Å². The zero-order valence-corrected chi connectivity index (χ0v) is 15.5. The molecule has 0 saturated heterocycles. The largest absolute Gasteiger partial charge is 0.350 e. The summed E-state index contributed by atoms with van der Waals surface area (Å²) in [4.78, 5) is 25.7. The molecule has 126 valence electrons. The zero-order chi connectivity index (χ0) is 17.5. The molecule has 0 spiro atoms. The van der Waals surface area contributed by atoms with Crippen molar-refractivity contribution in [1.82, 2.24) is 10.2 Å². The second-order valence-corrected chi connectivity index (χ2v) is 6.55. The number of carbonyl (C=O) groups excluding carboxylic acids is 2. The highest BCUT2D eigenvalue weighted by molar-refractivity contribution is 9.10. The van der Waals surface area contributed by atoms with Crippen LogP contribution in [0.2, 0.25) is 0 Å². The van der Waals surface area contributed by atoms with Gasteiger partial charge in [0.05, 0.1) is 0 Å². The molecule has 2 aromatic carbocycles. The molecule has 1 N–H and O–H groups in total. The summed E-state index contributed by atoms with van der Waals surface area (Å²) in [6.07, 6.45) is 0. The van der Waals surface area contributed by atoms with Crippen molar-refractivity contribution in [1.29, 1.82) is 0 Å². The van der Waals surface area contributed by atoms with E-state index >= 15 is 0 Å². The van der Waals surface area contributed by atoms with Crippen LogP contribution in [0.1, 0.15) is 28.4 Å². The van der Waals surface area contributed by atoms with Gasteiger partial charge in [-0.2, -0.15) is 0 Å². The van der Waals surface area contributed by atoms with Crippen LogP contribution in [0, 0.1) is 6.92 Å². The van der Waals surface area contributed by atoms with Crippen molar-refractivity contribution in [3.8, 4) is 0 Å². The third-order valence-electron chi connectivity index (χ3n) is 3.84. The van der Waals surface area contributed by atoms with Crippen molar-refractivity contribution in [2.45, 2.75) is 20.4 Å². The minimum Gasteiger partial charge on any atom is -0.350 e.